The van der Waals surface area contributed by atoms with Crippen LogP contribution in [0.3, 0.4) is 0 Å². The van der Waals surface area contributed by atoms with Gasteiger partial charge in [0.15, 0.2) is 0 Å². The molecule has 0 aromatic heterocycles. The van der Waals surface area contributed by atoms with Crippen molar-refractivity contribution >= 4 is 11.6 Å². The lowest BCUT2D eigenvalue weighted by Gasteiger charge is -2.26. The average molecular weight is 240 g/mol. The Hall–Kier alpha value is -0.570. The molecule has 2 nitrogen and oxygen atoms in total. The Morgan fingerprint density at radius 1 is 1.38 bits per heavy atom. The summed E-state index contributed by atoms with van der Waals surface area (Å²) in [5, 5.41) is 4.24. The monoisotopic (exact) mass is 239 g/mol. The zero-order valence-corrected chi connectivity index (χ0v) is 10.2. The standard InChI is InChI=1S/C13H18ClNO/c14-12-4-1-3-11(9-12)10-16-8-7-15-13-5-2-6-13/h1,3-4,9,13,15H,2,5-8,10H2. The molecule has 1 saturated carbocycles. The summed E-state index contributed by atoms with van der Waals surface area (Å²) in [6, 6.07) is 8.55. The summed E-state index contributed by atoms with van der Waals surface area (Å²) >= 11 is 5.88. The van der Waals surface area contributed by atoms with Gasteiger partial charge in [0, 0.05) is 17.6 Å². The minimum Gasteiger partial charge on any atom is -0.375 e. The second-order valence-electron chi connectivity index (χ2n) is 4.26. The van der Waals surface area contributed by atoms with Crippen molar-refractivity contribution in [2.45, 2.75) is 31.9 Å². The zero-order chi connectivity index (χ0) is 11.2. The molecule has 1 aliphatic rings. The molecular formula is C13H18ClNO. The van der Waals surface area contributed by atoms with Gasteiger partial charge in [0.05, 0.1) is 13.2 Å². The number of halogens is 1. The smallest absolute Gasteiger partial charge is 0.0718 e. The van der Waals surface area contributed by atoms with E-state index in [1.54, 1.807) is 0 Å². The van der Waals surface area contributed by atoms with Crippen LogP contribution >= 0.6 is 11.6 Å². The highest BCUT2D eigenvalue weighted by Gasteiger charge is 2.15. The van der Waals surface area contributed by atoms with Crippen molar-refractivity contribution < 1.29 is 4.74 Å². The SMILES string of the molecule is Clc1cccc(COCCNC2CCC2)c1. The first-order valence-electron chi connectivity index (χ1n) is 5.90. The van der Waals surface area contributed by atoms with Crippen LogP contribution in [-0.2, 0) is 11.3 Å². The molecule has 1 aromatic rings. The van der Waals surface area contributed by atoms with Gasteiger partial charge in [-0.05, 0) is 30.5 Å². The van der Waals surface area contributed by atoms with E-state index in [2.05, 4.69) is 5.32 Å². The predicted octanol–water partition coefficient (Wildman–Crippen LogP) is 3.00. The second-order valence-corrected chi connectivity index (χ2v) is 4.70. The highest BCUT2D eigenvalue weighted by atomic mass is 35.5. The summed E-state index contributed by atoms with van der Waals surface area (Å²) in [4.78, 5) is 0. The summed E-state index contributed by atoms with van der Waals surface area (Å²) in [7, 11) is 0. The van der Waals surface area contributed by atoms with E-state index in [1.165, 1.54) is 19.3 Å². The molecular weight excluding hydrogens is 222 g/mol. The minimum absolute atomic E-state index is 0.646. The number of benzene rings is 1. The summed E-state index contributed by atoms with van der Waals surface area (Å²) < 4.78 is 5.57. The van der Waals surface area contributed by atoms with E-state index in [-0.39, 0.29) is 0 Å². The topological polar surface area (TPSA) is 21.3 Å². The van der Waals surface area contributed by atoms with Crippen LogP contribution in [0.2, 0.25) is 5.02 Å². The third kappa shape index (κ3) is 3.78. The molecule has 0 radical (unpaired) electrons. The molecule has 0 bridgehead atoms. The fraction of sp³-hybridized carbons (Fsp3) is 0.538. The van der Waals surface area contributed by atoms with Gasteiger partial charge in [-0.3, -0.25) is 0 Å². The molecule has 0 atom stereocenters. The van der Waals surface area contributed by atoms with Crippen molar-refractivity contribution in [2.24, 2.45) is 0 Å². The van der Waals surface area contributed by atoms with Crippen LogP contribution in [-0.4, -0.2) is 19.2 Å². The molecule has 2 rings (SSSR count). The van der Waals surface area contributed by atoms with E-state index >= 15 is 0 Å². The third-order valence-electron chi connectivity index (χ3n) is 2.94. The minimum atomic E-state index is 0.646. The molecule has 3 heteroatoms. The van der Waals surface area contributed by atoms with Gasteiger partial charge >= 0.3 is 0 Å². The third-order valence-corrected chi connectivity index (χ3v) is 3.18. The Morgan fingerprint density at radius 2 is 2.25 bits per heavy atom. The van der Waals surface area contributed by atoms with E-state index in [0.29, 0.717) is 6.61 Å². The Balaban J connectivity index is 1.56. The lowest BCUT2D eigenvalue weighted by Crippen LogP contribution is -2.37. The molecule has 0 heterocycles. The zero-order valence-electron chi connectivity index (χ0n) is 9.42. The van der Waals surface area contributed by atoms with Gasteiger partial charge in [-0.2, -0.15) is 0 Å². The molecule has 1 aromatic carbocycles. The predicted molar refractivity (Wildman–Crippen MR) is 66.7 cm³/mol. The normalized spacial score (nSPS) is 16.1. The number of hydrogen-bond acceptors (Lipinski definition) is 2. The highest BCUT2D eigenvalue weighted by molar-refractivity contribution is 6.30. The fourth-order valence-corrected chi connectivity index (χ4v) is 1.98. The number of nitrogens with one attached hydrogen (secondary N) is 1. The van der Waals surface area contributed by atoms with E-state index in [1.807, 2.05) is 24.3 Å². The van der Waals surface area contributed by atoms with Crippen molar-refractivity contribution in [3.63, 3.8) is 0 Å². The van der Waals surface area contributed by atoms with E-state index in [9.17, 15) is 0 Å². The Labute approximate surface area is 102 Å². The summed E-state index contributed by atoms with van der Waals surface area (Å²) in [5.41, 5.74) is 1.14. The van der Waals surface area contributed by atoms with E-state index < -0.39 is 0 Å². The average Bonchev–Trinajstić information content (AvgIpc) is 2.20. The highest BCUT2D eigenvalue weighted by Crippen LogP contribution is 2.17. The Bertz CT molecular complexity index is 325. The maximum absolute atomic E-state index is 5.88. The van der Waals surface area contributed by atoms with Gasteiger partial charge < -0.3 is 10.1 Å². The first kappa shape index (κ1) is 11.9. The molecule has 0 aliphatic heterocycles. The maximum Gasteiger partial charge on any atom is 0.0718 e. The molecule has 16 heavy (non-hydrogen) atoms. The van der Waals surface area contributed by atoms with Gasteiger partial charge in [-0.15, -0.1) is 0 Å². The largest absolute Gasteiger partial charge is 0.375 e. The maximum atomic E-state index is 5.88. The van der Waals surface area contributed by atoms with Crippen LogP contribution in [0.5, 0.6) is 0 Å². The fourth-order valence-electron chi connectivity index (χ4n) is 1.76. The summed E-state index contributed by atoms with van der Waals surface area (Å²) in [5.74, 6) is 0. The van der Waals surface area contributed by atoms with Gasteiger partial charge in [-0.25, -0.2) is 0 Å². The van der Waals surface area contributed by atoms with E-state index in [4.69, 9.17) is 16.3 Å². The van der Waals surface area contributed by atoms with Crippen molar-refractivity contribution in [1.29, 1.82) is 0 Å². The molecule has 1 aliphatic carbocycles. The molecule has 0 spiro atoms. The van der Waals surface area contributed by atoms with Gasteiger partial charge in [0.2, 0.25) is 0 Å². The van der Waals surface area contributed by atoms with Crippen LogP contribution in [0, 0.1) is 0 Å². The Morgan fingerprint density at radius 3 is 2.94 bits per heavy atom. The van der Waals surface area contributed by atoms with Crippen molar-refractivity contribution in [3.05, 3.63) is 34.9 Å². The summed E-state index contributed by atoms with van der Waals surface area (Å²) in [6.07, 6.45) is 4.03. The molecule has 1 fully saturated rings. The quantitative estimate of drug-likeness (QED) is 0.771. The number of hydrogen-bond donors (Lipinski definition) is 1. The van der Waals surface area contributed by atoms with Crippen LogP contribution in [0.1, 0.15) is 24.8 Å². The molecule has 0 amide bonds. The molecule has 88 valence electrons. The first-order chi connectivity index (χ1) is 7.84. The number of rotatable bonds is 6. The van der Waals surface area contributed by atoms with Crippen LogP contribution in [0.25, 0.3) is 0 Å². The lowest BCUT2D eigenvalue weighted by atomic mass is 9.93. The van der Waals surface area contributed by atoms with Crippen molar-refractivity contribution in [3.8, 4) is 0 Å². The lowest BCUT2D eigenvalue weighted by molar-refractivity contribution is 0.117. The molecule has 1 N–H and O–H groups in total. The number of ether oxygens (including phenoxy) is 1. The van der Waals surface area contributed by atoms with Gasteiger partial charge in [-0.1, -0.05) is 30.2 Å². The van der Waals surface area contributed by atoms with Crippen molar-refractivity contribution in [1.82, 2.24) is 5.32 Å². The first-order valence-corrected chi connectivity index (χ1v) is 6.28. The van der Waals surface area contributed by atoms with E-state index in [0.717, 1.165) is 29.8 Å². The van der Waals surface area contributed by atoms with Crippen LogP contribution in [0.15, 0.2) is 24.3 Å². The molecule has 0 unspecified atom stereocenters. The summed E-state index contributed by atoms with van der Waals surface area (Å²) in [6.45, 7) is 2.36. The van der Waals surface area contributed by atoms with Gasteiger partial charge in [0.25, 0.3) is 0 Å². The van der Waals surface area contributed by atoms with Crippen LogP contribution < -0.4 is 5.32 Å². The van der Waals surface area contributed by atoms with Gasteiger partial charge in [0.1, 0.15) is 0 Å². The molecule has 0 saturated heterocycles. The van der Waals surface area contributed by atoms with Crippen LogP contribution in [0.4, 0.5) is 0 Å². The Kier molecular flexibility index (Phi) is 4.64. The second kappa shape index (κ2) is 6.24. The van der Waals surface area contributed by atoms with Crippen molar-refractivity contribution in [2.75, 3.05) is 13.2 Å².